The Morgan fingerprint density at radius 2 is 1.81 bits per heavy atom. The molecule has 0 spiro atoms. The summed E-state index contributed by atoms with van der Waals surface area (Å²) < 4.78 is 5.97. The molecule has 31 heavy (non-hydrogen) atoms. The van der Waals surface area contributed by atoms with Crippen molar-refractivity contribution in [2.24, 2.45) is 0 Å². The fraction of sp³-hybridized carbons (Fsp3) is 0.417. The number of hydrogen-bond donors (Lipinski definition) is 0. The van der Waals surface area contributed by atoms with Crippen LogP contribution in [0.15, 0.2) is 28.7 Å². The summed E-state index contributed by atoms with van der Waals surface area (Å²) in [5, 5.41) is 1.05. The van der Waals surface area contributed by atoms with E-state index in [1.807, 2.05) is 43.0 Å². The van der Waals surface area contributed by atoms with Gasteiger partial charge in [-0.1, -0.05) is 12.1 Å². The average molecular weight is 433 g/mol. The number of rotatable bonds is 3. The molecule has 4 aromatic rings. The highest BCUT2D eigenvalue weighted by molar-refractivity contribution is 7.20. The van der Waals surface area contributed by atoms with Gasteiger partial charge in [0.05, 0.1) is 10.6 Å². The monoisotopic (exact) mass is 432 g/mol. The fourth-order valence-electron chi connectivity index (χ4n) is 4.63. The maximum atomic E-state index is 13.4. The van der Waals surface area contributed by atoms with Gasteiger partial charge < -0.3 is 9.32 Å². The van der Waals surface area contributed by atoms with Crippen molar-refractivity contribution in [2.45, 2.75) is 51.4 Å². The Balaban J connectivity index is 1.22. The summed E-state index contributed by atoms with van der Waals surface area (Å²) in [6.45, 7) is 5.50. The molecule has 0 radical (unpaired) electrons. The second kappa shape index (κ2) is 7.12. The van der Waals surface area contributed by atoms with E-state index in [9.17, 15) is 4.79 Å². The van der Waals surface area contributed by atoms with Crippen molar-refractivity contribution >= 4 is 38.6 Å². The van der Waals surface area contributed by atoms with E-state index in [0.29, 0.717) is 19.0 Å². The highest BCUT2D eigenvalue weighted by Gasteiger charge is 2.31. The second-order valence-corrected chi connectivity index (χ2v) is 9.76. The highest BCUT2D eigenvalue weighted by atomic mass is 32.1. The molecule has 3 aromatic heterocycles. The van der Waals surface area contributed by atoms with Gasteiger partial charge in [-0.15, -0.1) is 11.3 Å². The molecule has 2 aliphatic rings. The minimum absolute atomic E-state index is 0.115. The molecule has 4 heterocycles. The first-order chi connectivity index (χ1) is 15.1. The summed E-state index contributed by atoms with van der Waals surface area (Å²) in [6.07, 6.45) is 4.09. The summed E-state index contributed by atoms with van der Waals surface area (Å²) >= 11 is 1.53. The summed E-state index contributed by atoms with van der Waals surface area (Å²) in [6, 6.07) is 7.87. The van der Waals surface area contributed by atoms with Gasteiger partial charge >= 0.3 is 0 Å². The van der Waals surface area contributed by atoms with E-state index in [1.165, 1.54) is 24.2 Å². The largest absolute Gasteiger partial charge is 0.440 e. The number of thiophene rings is 1. The molecule has 2 fully saturated rings. The van der Waals surface area contributed by atoms with Crippen LogP contribution >= 0.6 is 11.3 Å². The molecule has 0 atom stereocenters. The van der Waals surface area contributed by atoms with Gasteiger partial charge in [-0.05, 0) is 57.2 Å². The lowest BCUT2D eigenvalue weighted by atomic mass is 9.96. The lowest BCUT2D eigenvalue weighted by molar-refractivity contribution is 0.0711. The number of carbonyl (C=O) groups is 1. The smallest absolute Gasteiger partial charge is 0.264 e. The maximum Gasteiger partial charge on any atom is 0.264 e. The van der Waals surface area contributed by atoms with Crippen molar-refractivity contribution < 1.29 is 9.21 Å². The molecule has 0 N–H and O–H groups in total. The van der Waals surface area contributed by atoms with Crippen molar-refractivity contribution in [1.29, 1.82) is 0 Å². The molecule has 0 unspecified atom stereocenters. The van der Waals surface area contributed by atoms with E-state index in [0.717, 1.165) is 62.0 Å². The van der Waals surface area contributed by atoms with Crippen molar-refractivity contribution in [3.63, 3.8) is 0 Å². The predicted octanol–water partition coefficient (Wildman–Crippen LogP) is 5.35. The second-order valence-electron chi connectivity index (χ2n) is 8.76. The van der Waals surface area contributed by atoms with E-state index in [4.69, 9.17) is 14.4 Å². The van der Waals surface area contributed by atoms with Crippen LogP contribution in [0.1, 0.15) is 70.2 Å². The zero-order valence-corrected chi connectivity index (χ0v) is 18.5. The molecule has 1 aliphatic carbocycles. The Bertz CT molecular complexity index is 1280. The number of piperidine rings is 1. The van der Waals surface area contributed by atoms with Crippen LogP contribution in [0, 0.1) is 13.8 Å². The number of oxazole rings is 1. The quantitative estimate of drug-likeness (QED) is 0.437. The third-order valence-corrected chi connectivity index (χ3v) is 7.74. The number of likely N-dealkylation sites (tertiary alicyclic amines) is 1. The van der Waals surface area contributed by atoms with Crippen molar-refractivity contribution in [1.82, 2.24) is 19.9 Å². The molecule has 158 valence electrons. The van der Waals surface area contributed by atoms with Crippen LogP contribution in [0.4, 0.5) is 0 Å². The number of aromatic nitrogens is 3. The van der Waals surface area contributed by atoms with Gasteiger partial charge in [0.25, 0.3) is 5.91 Å². The van der Waals surface area contributed by atoms with Gasteiger partial charge in [-0.2, -0.15) is 0 Å². The van der Waals surface area contributed by atoms with Gasteiger partial charge in [-0.3, -0.25) is 4.79 Å². The van der Waals surface area contributed by atoms with E-state index in [1.54, 1.807) is 0 Å². The molecule has 1 saturated carbocycles. The SMILES string of the molecule is Cc1nc(C2CC2)nc2sc(C(=O)N3CCC(c4nc5ccccc5o4)CC3)c(C)c12. The number of aryl methyl sites for hydroxylation is 2. The zero-order chi connectivity index (χ0) is 21.1. The van der Waals surface area contributed by atoms with Crippen molar-refractivity contribution in [2.75, 3.05) is 13.1 Å². The van der Waals surface area contributed by atoms with Crippen LogP contribution in [-0.4, -0.2) is 38.8 Å². The first-order valence-electron chi connectivity index (χ1n) is 11.0. The number of amides is 1. The molecule has 1 aliphatic heterocycles. The Kier molecular flexibility index (Phi) is 4.35. The lowest BCUT2D eigenvalue weighted by Crippen LogP contribution is -2.37. The van der Waals surface area contributed by atoms with E-state index in [-0.39, 0.29) is 11.8 Å². The Morgan fingerprint density at radius 3 is 2.55 bits per heavy atom. The Hall–Kier alpha value is -2.80. The summed E-state index contributed by atoms with van der Waals surface area (Å²) in [5.74, 6) is 2.63. The third-order valence-electron chi connectivity index (χ3n) is 6.57. The molecule has 1 amide bonds. The van der Waals surface area contributed by atoms with E-state index < -0.39 is 0 Å². The molecule has 0 bridgehead atoms. The van der Waals surface area contributed by atoms with E-state index >= 15 is 0 Å². The number of carbonyl (C=O) groups excluding carboxylic acids is 1. The van der Waals surface area contributed by atoms with Crippen molar-refractivity contribution in [3.05, 3.63) is 52.1 Å². The lowest BCUT2D eigenvalue weighted by Gasteiger charge is -2.30. The minimum Gasteiger partial charge on any atom is -0.440 e. The number of benzene rings is 1. The van der Waals surface area contributed by atoms with Crippen LogP contribution < -0.4 is 0 Å². The van der Waals surface area contributed by atoms with Gasteiger partial charge in [0.2, 0.25) is 0 Å². The van der Waals surface area contributed by atoms with Crippen LogP contribution in [0.2, 0.25) is 0 Å². The first kappa shape index (κ1) is 18.9. The van der Waals surface area contributed by atoms with Crippen LogP contribution in [0.5, 0.6) is 0 Å². The minimum atomic E-state index is 0.115. The topological polar surface area (TPSA) is 72.1 Å². The van der Waals surface area contributed by atoms with Crippen molar-refractivity contribution in [3.8, 4) is 0 Å². The van der Waals surface area contributed by atoms with Crippen LogP contribution in [-0.2, 0) is 0 Å². The summed E-state index contributed by atoms with van der Waals surface area (Å²) in [7, 11) is 0. The van der Waals surface area contributed by atoms with Gasteiger partial charge in [0, 0.05) is 30.3 Å². The first-order valence-corrected chi connectivity index (χ1v) is 11.8. The molecular weight excluding hydrogens is 408 g/mol. The normalized spacial score (nSPS) is 17.7. The van der Waals surface area contributed by atoms with Gasteiger partial charge in [0.15, 0.2) is 11.5 Å². The Labute approximate surface area is 184 Å². The van der Waals surface area contributed by atoms with Gasteiger partial charge in [-0.25, -0.2) is 15.0 Å². The van der Waals surface area contributed by atoms with E-state index in [2.05, 4.69) is 4.98 Å². The standard InChI is InChI=1S/C24H24N4O2S/c1-13-19-14(2)25-21(15-7-8-15)27-23(19)31-20(13)24(29)28-11-9-16(10-12-28)22-26-17-5-3-4-6-18(17)30-22/h3-6,15-16H,7-12H2,1-2H3. The number of fused-ring (bicyclic) bond motifs is 2. The average Bonchev–Trinajstić information content (AvgIpc) is 3.46. The summed E-state index contributed by atoms with van der Waals surface area (Å²) in [5.41, 5.74) is 3.75. The summed E-state index contributed by atoms with van der Waals surface area (Å²) in [4.78, 5) is 31.3. The highest BCUT2D eigenvalue weighted by Crippen LogP contribution is 2.41. The zero-order valence-electron chi connectivity index (χ0n) is 17.7. The molecule has 6 rings (SSSR count). The number of hydrogen-bond acceptors (Lipinski definition) is 6. The Morgan fingerprint density at radius 1 is 1.03 bits per heavy atom. The number of nitrogens with zero attached hydrogens (tertiary/aromatic N) is 4. The van der Waals surface area contributed by atoms with Crippen LogP contribution in [0.3, 0.4) is 0 Å². The molecule has 1 aromatic carbocycles. The molecular formula is C24H24N4O2S. The maximum absolute atomic E-state index is 13.4. The third kappa shape index (κ3) is 3.22. The van der Waals surface area contributed by atoms with Crippen LogP contribution in [0.25, 0.3) is 21.3 Å². The van der Waals surface area contributed by atoms with Gasteiger partial charge in [0.1, 0.15) is 16.2 Å². The molecule has 6 nitrogen and oxygen atoms in total. The molecule has 7 heteroatoms. The predicted molar refractivity (Wildman–Crippen MR) is 121 cm³/mol. The number of para-hydroxylation sites is 2. The molecule has 1 saturated heterocycles. The fourth-order valence-corrected chi connectivity index (χ4v) is 5.83.